The monoisotopic (exact) mass is 261 g/mol. The minimum Gasteiger partial charge on any atom is -0.481 e. The largest absolute Gasteiger partial charge is 0.481 e. The molecule has 0 bridgehead atoms. The molecule has 3 heteroatoms. The molecule has 19 heavy (non-hydrogen) atoms. The van der Waals surface area contributed by atoms with Gasteiger partial charge >= 0.3 is 5.97 Å². The highest BCUT2D eigenvalue weighted by atomic mass is 16.4. The molecule has 0 aromatic heterocycles. The summed E-state index contributed by atoms with van der Waals surface area (Å²) in [5.74, 6) is 0.838. The van der Waals surface area contributed by atoms with Gasteiger partial charge in [0.2, 0.25) is 0 Å². The lowest BCUT2D eigenvalue weighted by Gasteiger charge is -2.16. The Bertz CT molecular complexity index is 431. The Morgan fingerprint density at radius 2 is 2.05 bits per heavy atom. The highest BCUT2D eigenvalue weighted by molar-refractivity contribution is 5.70. The van der Waals surface area contributed by atoms with Crippen molar-refractivity contribution < 1.29 is 9.90 Å². The van der Waals surface area contributed by atoms with Crippen molar-refractivity contribution in [2.45, 2.75) is 39.2 Å². The number of benzene rings is 1. The number of carboxylic acid groups (broad SMARTS) is 1. The van der Waals surface area contributed by atoms with Crippen LogP contribution >= 0.6 is 0 Å². The smallest absolute Gasteiger partial charge is 0.307 e. The van der Waals surface area contributed by atoms with Crippen molar-refractivity contribution in [1.82, 2.24) is 5.32 Å². The Labute approximate surface area is 115 Å². The second kappa shape index (κ2) is 6.71. The molecular formula is C16H23NO2. The fourth-order valence-electron chi connectivity index (χ4n) is 2.98. The molecule has 1 fully saturated rings. The molecule has 0 saturated heterocycles. The van der Waals surface area contributed by atoms with E-state index in [0.29, 0.717) is 0 Å². The van der Waals surface area contributed by atoms with E-state index in [2.05, 4.69) is 12.2 Å². The zero-order chi connectivity index (χ0) is 13.7. The Morgan fingerprint density at radius 1 is 1.32 bits per heavy atom. The number of rotatable bonds is 6. The molecule has 2 rings (SSSR count). The Hall–Kier alpha value is -1.35. The highest BCUT2D eigenvalue weighted by Gasteiger charge is 2.22. The van der Waals surface area contributed by atoms with Crippen LogP contribution in [0.1, 0.15) is 37.3 Å². The van der Waals surface area contributed by atoms with Gasteiger partial charge in [0.05, 0.1) is 6.42 Å². The summed E-state index contributed by atoms with van der Waals surface area (Å²) in [5.41, 5.74) is 2.03. The fraction of sp³-hybridized carbons (Fsp3) is 0.562. The predicted molar refractivity (Wildman–Crippen MR) is 76.0 cm³/mol. The summed E-state index contributed by atoms with van der Waals surface area (Å²) in [7, 11) is 0. The van der Waals surface area contributed by atoms with E-state index in [4.69, 9.17) is 5.11 Å². The summed E-state index contributed by atoms with van der Waals surface area (Å²) in [6.07, 6.45) is 4.13. The van der Waals surface area contributed by atoms with E-state index in [1.807, 2.05) is 24.3 Å². The van der Waals surface area contributed by atoms with Crippen LogP contribution < -0.4 is 5.32 Å². The first-order chi connectivity index (χ1) is 9.16. The van der Waals surface area contributed by atoms with Crippen molar-refractivity contribution in [3.8, 4) is 0 Å². The first-order valence-electron chi connectivity index (χ1n) is 7.16. The fourth-order valence-corrected chi connectivity index (χ4v) is 2.98. The minimum absolute atomic E-state index is 0.109. The number of nitrogens with one attached hydrogen (secondary N) is 1. The second-order valence-corrected chi connectivity index (χ2v) is 5.64. The van der Waals surface area contributed by atoms with Gasteiger partial charge in [-0.1, -0.05) is 44.0 Å². The van der Waals surface area contributed by atoms with E-state index in [0.717, 1.165) is 36.1 Å². The van der Waals surface area contributed by atoms with Crippen molar-refractivity contribution in [2.24, 2.45) is 11.8 Å². The Morgan fingerprint density at radius 3 is 2.68 bits per heavy atom. The Kier molecular flexibility index (Phi) is 4.97. The summed E-state index contributed by atoms with van der Waals surface area (Å²) < 4.78 is 0. The van der Waals surface area contributed by atoms with Crippen LogP contribution in [-0.4, -0.2) is 17.6 Å². The summed E-state index contributed by atoms with van der Waals surface area (Å²) in [6, 6.07) is 7.80. The van der Waals surface area contributed by atoms with Crippen molar-refractivity contribution in [3.05, 3.63) is 35.4 Å². The van der Waals surface area contributed by atoms with Gasteiger partial charge in [0.1, 0.15) is 0 Å². The molecule has 104 valence electrons. The maximum absolute atomic E-state index is 10.8. The molecular weight excluding hydrogens is 238 g/mol. The van der Waals surface area contributed by atoms with Crippen LogP contribution in [0.3, 0.4) is 0 Å². The van der Waals surface area contributed by atoms with Gasteiger partial charge in [0.15, 0.2) is 0 Å². The van der Waals surface area contributed by atoms with Gasteiger partial charge in [0.25, 0.3) is 0 Å². The summed E-state index contributed by atoms with van der Waals surface area (Å²) >= 11 is 0. The van der Waals surface area contributed by atoms with Crippen LogP contribution in [0.25, 0.3) is 0 Å². The third kappa shape index (κ3) is 4.06. The van der Waals surface area contributed by atoms with E-state index in [1.54, 1.807) is 0 Å². The first-order valence-corrected chi connectivity index (χ1v) is 7.16. The third-order valence-electron chi connectivity index (χ3n) is 4.22. The van der Waals surface area contributed by atoms with Gasteiger partial charge in [-0.05, 0) is 35.9 Å². The van der Waals surface area contributed by atoms with Crippen LogP contribution in [0.2, 0.25) is 0 Å². The van der Waals surface area contributed by atoms with Gasteiger partial charge in [-0.25, -0.2) is 0 Å². The van der Waals surface area contributed by atoms with Crippen LogP contribution in [0.15, 0.2) is 24.3 Å². The Balaban J connectivity index is 1.86. The second-order valence-electron chi connectivity index (χ2n) is 5.64. The number of hydrogen-bond donors (Lipinski definition) is 2. The van der Waals surface area contributed by atoms with E-state index < -0.39 is 5.97 Å². The molecule has 2 atom stereocenters. The predicted octanol–water partition coefficient (Wildman–Crippen LogP) is 2.84. The molecule has 0 aliphatic heterocycles. The summed E-state index contributed by atoms with van der Waals surface area (Å²) in [6.45, 7) is 4.15. The molecule has 0 amide bonds. The number of carbonyl (C=O) groups is 1. The SMILES string of the molecule is CC1CCCC1CNCc1ccccc1CC(=O)O. The zero-order valence-corrected chi connectivity index (χ0v) is 11.6. The van der Waals surface area contributed by atoms with Crippen LogP contribution in [0.5, 0.6) is 0 Å². The molecule has 1 aliphatic carbocycles. The lowest BCUT2D eigenvalue weighted by molar-refractivity contribution is -0.136. The molecule has 0 spiro atoms. The van der Waals surface area contributed by atoms with E-state index in [-0.39, 0.29) is 6.42 Å². The quantitative estimate of drug-likeness (QED) is 0.828. The lowest BCUT2D eigenvalue weighted by Crippen LogP contribution is -2.24. The summed E-state index contributed by atoms with van der Waals surface area (Å²) in [4.78, 5) is 10.8. The van der Waals surface area contributed by atoms with E-state index >= 15 is 0 Å². The molecule has 1 saturated carbocycles. The standard InChI is InChI=1S/C16H23NO2/c1-12-5-4-8-14(12)10-17-11-15-7-3-2-6-13(15)9-16(18)19/h2-3,6-7,12,14,17H,4-5,8-11H2,1H3,(H,18,19). The third-order valence-corrected chi connectivity index (χ3v) is 4.22. The zero-order valence-electron chi connectivity index (χ0n) is 11.6. The van der Waals surface area contributed by atoms with Gasteiger partial charge in [-0.2, -0.15) is 0 Å². The normalized spacial score (nSPS) is 22.6. The van der Waals surface area contributed by atoms with Gasteiger partial charge in [0, 0.05) is 6.54 Å². The van der Waals surface area contributed by atoms with E-state index in [9.17, 15) is 4.79 Å². The highest BCUT2D eigenvalue weighted by Crippen LogP contribution is 2.30. The average Bonchev–Trinajstić information content (AvgIpc) is 2.77. The maximum atomic E-state index is 10.8. The van der Waals surface area contributed by atoms with Gasteiger partial charge in [-0.15, -0.1) is 0 Å². The van der Waals surface area contributed by atoms with Crippen LogP contribution in [0, 0.1) is 11.8 Å². The molecule has 1 aliphatic rings. The van der Waals surface area contributed by atoms with Gasteiger partial charge < -0.3 is 10.4 Å². The number of aliphatic carboxylic acids is 1. The number of carboxylic acids is 1. The molecule has 1 aromatic rings. The molecule has 3 nitrogen and oxygen atoms in total. The molecule has 2 unspecified atom stereocenters. The lowest BCUT2D eigenvalue weighted by atomic mass is 9.98. The minimum atomic E-state index is -0.767. The molecule has 0 radical (unpaired) electrons. The molecule has 1 aromatic carbocycles. The van der Waals surface area contributed by atoms with Crippen LogP contribution in [0.4, 0.5) is 0 Å². The van der Waals surface area contributed by atoms with Crippen molar-refractivity contribution >= 4 is 5.97 Å². The first kappa shape index (κ1) is 14.1. The maximum Gasteiger partial charge on any atom is 0.307 e. The molecule has 2 N–H and O–H groups in total. The van der Waals surface area contributed by atoms with Crippen molar-refractivity contribution in [1.29, 1.82) is 0 Å². The van der Waals surface area contributed by atoms with Gasteiger partial charge in [-0.3, -0.25) is 4.79 Å². The molecule has 0 heterocycles. The number of hydrogen-bond acceptors (Lipinski definition) is 2. The summed E-state index contributed by atoms with van der Waals surface area (Å²) in [5, 5.41) is 12.4. The van der Waals surface area contributed by atoms with E-state index in [1.165, 1.54) is 19.3 Å². The average molecular weight is 261 g/mol. The van der Waals surface area contributed by atoms with Crippen LogP contribution in [-0.2, 0) is 17.8 Å². The van der Waals surface area contributed by atoms with Crippen molar-refractivity contribution in [2.75, 3.05) is 6.54 Å². The van der Waals surface area contributed by atoms with Crippen molar-refractivity contribution in [3.63, 3.8) is 0 Å². The topological polar surface area (TPSA) is 49.3 Å².